The predicted molar refractivity (Wildman–Crippen MR) is 75.9 cm³/mol. The Labute approximate surface area is 116 Å². The lowest BCUT2D eigenvalue weighted by Crippen LogP contribution is -2.41. The number of unbranched alkanes of at least 4 members (excludes halogenated alkanes) is 2. The normalized spacial score (nSPS) is 22.6. The third-order valence-electron chi connectivity index (χ3n) is 3.43. The van der Waals surface area contributed by atoms with E-state index in [0.29, 0.717) is 19.1 Å². The minimum Gasteiger partial charge on any atom is -0.372 e. The molecular formula is C13H27ClN2O2. The second-order valence-corrected chi connectivity index (χ2v) is 4.86. The number of amides is 1. The highest BCUT2D eigenvalue weighted by atomic mass is 35.5. The zero-order valence-corrected chi connectivity index (χ0v) is 12.1. The second kappa shape index (κ2) is 10.6. The van der Waals surface area contributed by atoms with Crippen LogP contribution in [0.25, 0.3) is 0 Å². The van der Waals surface area contributed by atoms with Crippen molar-refractivity contribution in [2.75, 3.05) is 19.8 Å². The molecule has 0 spiro atoms. The largest absolute Gasteiger partial charge is 0.372 e. The van der Waals surface area contributed by atoms with Crippen molar-refractivity contribution in [3.63, 3.8) is 0 Å². The molecule has 0 aromatic rings. The lowest BCUT2D eigenvalue weighted by atomic mass is 10.0. The molecule has 5 heteroatoms. The van der Waals surface area contributed by atoms with Gasteiger partial charge in [-0.1, -0.05) is 26.2 Å². The summed E-state index contributed by atoms with van der Waals surface area (Å²) in [5.41, 5.74) is 5.67. The summed E-state index contributed by atoms with van der Waals surface area (Å²) in [5, 5.41) is 3.03. The van der Waals surface area contributed by atoms with Crippen LogP contribution in [0, 0.1) is 5.92 Å². The molecule has 0 radical (unpaired) electrons. The van der Waals surface area contributed by atoms with E-state index in [0.717, 1.165) is 19.3 Å². The van der Waals surface area contributed by atoms with Crippen molar-refractivity contribution < 1.29 is 9.53 Å². The van der Waals surface area contributed by atoms with Gasteiger partial charge < -0.3 is 15.8 Å². The van der Waals surface area contributed by atoms with Gasteiger partial charge in [0.25, 0.3) is 0 Å². The van der Waals surface area contributed by atoms with E-state index in [1.807, 2.05) is 0 Å². The van der Waals surface area contributed by atoms with Crippen molar-refractivity contribution in [2.45, 2.75) is 51.5 Å². The van der Waals surface area contributed by atoms with Gasteiger partial charge in [0.05, 0.1) is 0 Å². The average Bonchev–Trinajstić information content (AvgIpc) is 2.76. The third-order valence-corrected chi connectivity index (χ3v) is 3.43. The maximum absolute atomic E-state index is 11.6. The van der Waals surface area contributed by atoms with E-state index >= 15 is 0 Å². The lowest BCUT2D eigenvalue weighted by molar-refractivity contribution is -0.126. The molecule has 1 saturated carbocycles. The van der Waals surface area contributed by atoms with Gasteiger partial charge in [0.15, 0.2) is 0 Å². The highest BCUT2D eigenvalue weighted by Crippen LogP contribution is 2.24. The van der Waals surface area contributed by atoms with E-state index in [1.54, 1.807) is 0 Å². The third kappa shape index (κ3) is 6.57. The summed E-state index contributed by atoms with van der Waals surface area (Å²) in [5.74, 6) is 0.464. The van der Waals surface area contributed by atoms with E-state index in [1.165, 1.54) is 19.3 Å². The molecule has 3 N–H and O–H groups in total. The smallest absolute Gasteiger partial charge is 0.246 e. The molecule has 0 aliphatic heterocycles. The van der Waals surface area contributed by atoms with Crippen LogP contribution >= 0.6 is 12.4 Å². The van der Waals surface area contributed by atoms with Gasteiger partial charge in [0.1, 0.15) is 6.61 Å². The van der Waals surface area contributed by atoms with Gasteiger partial charge in [-0.05, 0) is 31.7 Å². The summed E-state index contributed by atoms with van der Waals surface area (Å²) < 4.78 is 5.33. The number of halogens is 1. The summed E-state index contributed by atoms with van der Waals surface area (Å²) in [6, 6.07) is 0.270. The molecular weight excluding hydrogens is 252 g/mol. The Morgan fingerprint density at radius 2 is 2.17 bits per heavy atom. The number of carbonyl (C=O) groups is 1. The molecule has 108 valence electrons. The Hall–Kier alpha value is -0.320. The monoisotopic (exact) mass is 278 g/mol. The van der Waals surface area contributed by atoms with Crippen molar-refractivity contribution in [2.24, 2.45) is 11.7 Å². The number of carbonyl (C=O) groups excluding carboxylic acids is 1. The molecule has 1 rings (SSSR count). The molecule has 0 aromatic carbocycles. The maximum Gasteiger partial charge on any atom is 0.246 e. The van der Waals surface area contributed by atoms with Gasteiger partial charge in [0.2, 0.25) is 5.91 Å². The summed E-state index contributed by atoms with van der Waals surface area (Å²) in [7, 11) is 0. The molecule has 0 saturated heterocycles. The fourth-order valence-electron chi connectivity index (χ4n) is 2.38. The fraction of sp³-hybridized carbons (Fsp3) is 0.923. The van der Waals surface area contributed by atoms with Crippen LogP contribution in [0.15, 0.2) is 0 Å². The second-order valence-electron chi connectivity index (χ2n) is 4.86. The van der Waals surface area contributed by atoms with E-state index in [9.17, 15) is 4.79 Å². The first-order valence-corrected chi connectivity index (χ1v) is 6.85. The molecule has 0 aromatic heterocycles. The predicted octanol–water partition coefficient (Wildman–Crippen LogP) is 1.86. The molecule has 1 aliphatic rings. The number of rotatable bonds is 8. The quantitative estimate of drug-likeness (QED) is 0.666. The fourth-order valence-corrected chi connectivity index (χ4v) is 2.38. The van der Waals surface area contributed by atoms with Crippen molar-refractivity contribution in [3.8, 4) is 0 Å². The molecule has 4 nitrogen and oxygen atoms in total. The van der Waals surface area contributed by atoms with E-state index < -0.39 is 0 Å². The van der Waals surface area contributed by atoms with E-state index in [2.05, 4.69) is 12.2 Å². The molecule has 18 heavy (non-hydrogen) atoms. The van der Waals surface area contributed by atoms with Crippen LogP contribution < -0.4 is 11.1 Å². The first kappa shape index (κ1) is 17.7. The average molecular weight is 279 g/mol. The Bertz CT molecular complexity index is 227. The van der Waals surface area contributed by atoms with Crippen LogP contribution in [0.1, 0.15) is 45.4 Å². The van der Waals surface area contributed by atoms with Gasteiger partial charge in [-0.15, -0.1) is 12.4 Å². The van der Waals surface area contributed by atoms with Gasteiger partial charge in [-0.25, -0.2) is 0 Å². The van der Waals surface area contributed by atoms with Crippen LogP contribution in [0.5, 0.6) is 0 Å². The Balaban J connectivity index is 0.00000289. The zero-order chi connectivity index (χ0) is 12.5. The van der Waals surface area contributed by atoms with Crippen LogP contribution in [0.3, 0.4) is 0 Å². The lowest BCUT2D eigenvalue weighted by Gasteiger charge is -2.19. The van der Waals surface area contributed by atoms with Gasteiger partial charge in [-0.2, -0.15) is 0 Å². The van der Waals surface area contributed by atoms with Gasteiger partial charge in [-0.3, -0.25) is 4.79 Å². The van der Waals surface area contributed by atoms with Crippen molar-refractivity contribution in [1.82, 2.24) is 5.32 Å². The number of hydrogen-bond acceptors (Lipinski definition) is 3. The van der Waals surface area contributed by atoms with Crippen LogP contribution in [0.4, 0.5) is 0 Å². The topological polar surface area (TPSA) is 64.3 Å². The first-order valence-electron chi connectivity index (χ1n) is 6.85. The minimum absolute atomic E-state index is 0. The van der Waals surface area contributed by atoms with E-state index in [-0.39, 0.29) is 31.0 Å². The molecule has 1 aliphatic carbocycles. The standard InChI is InChI=1S/C13H26N2O2.ClH/c1-2-3-4-8-17-10-13(16)15-12-7-5-6-11(12)9-14;/h11-12H,2-10,14H2,1H3,(H,15,16);1H. The van der Waals surface area contributed by atoms with Crippen LogP contribution in [-0.4, -0.2) is 31.7 Å². The molecule has 0 heterocycles. The molecule has 2 unspecified atom stereocenters. The van der Waals surface area contributed by atoms with Crippen molar-refractivity contribution in [3.05, 3.63) is 0 Å². The number of ether oxygens (including phenoxy) is 1. The van der Waals surface area contributed by atoms with Gasteiger partial charge >= 0.3 is 0 Å². The van der Waals surface area contributed by atoms with Crippen LogP contribution in [0.2, 0.25) is 0 Å². The van der Waals surface area contributed by atoms with E-state index in [4.69, 9.17) is 10.5 Å². The summed E-state index contributed by atoms with van der Waals surface area (Å²) in [4.78, 5) is 11.6. The minimum atomic E-state index is 0. The molecule has 1 amide bonds. The number of nitrogens with two attached hydrogens (primary N) is 1. The maximum atomic E-state index is 11.6. The summed E-state index contributed by atoms with van der Waals surface area (Å²) in [6.07, 6.45) is 6.75. The number of hydrogen-bond donors (Lipinski definition) is 2. The zero-order valence-electron chi connectivity index (χ0n) is 11.3. The summed E-state index contributed by atoms with van der Waals surface area (Å²) >= 11 is 0. The highest BCUT2D eigenvalue weighted by molar-refractivity contribution is 5.85. The Kier molecular flexibility index (Phi) is 10.4. The van der Waals surface area contributed by atoms with Gasteiger partial charge in [0, 0.05) is 12.6 Å². The Morgan fingerprint density at radius 1 is 1.39 bits per heavy atom. The number of nitrogens with one attached hydrogen (secondary N) is 1. The summed E-state index contributed by atoms with van der Waals surface area (Å²) in [6.45, 7) is 3.70. The first-order chi connectivity index (χ1) is 8.27. The van der Waals surface area contributed by atoms with Crippen molar-refractivity contribution >= 4 is 18.3 Å². The molecule has 0 bridgehead atoms. The molecule has 1 fully saturated rings. The Morgan fingerprint density at radius 3 is 2.83 bits per heavy atom. The molecule has 2 atom stereocenters. The van der Waals surface area contributed by atoms with Crippen molar-refractivity contribution in [1.29, 1.82) is 0 Å². The highest BCUT2D eigenvalue weighted by Gasteiger charge is 2.27. The van der Waals surface area contributed by atoms with Crippen LogP contribution in [-0.2, 0) is 9.53 Å². The SMILES string of the molecule is CCCCCOCC(=O)NC1CCCC1CN.Cl.